The Morgan fingerprint density at radius 3 is 2.81 bits per heavy atom. The van der Waals surface area contributed by atoms with Gasteiger partial charge in [0.2, 0.25) is 0 Å². The third kappa shape index (κ3) is 3.44. The molecule has 2 rings (SSSR count). The number of aryl methyl sites for hydroxylation is 1. The van der Waals surface area contributed by atoms with Crippen molar-refractivity contribution in [1.82, 2.24) is 9.97 Å². The van der Waals surface area contributed by atoms with Gasteiger partial charge in [0.25, 0.3) is 0 Å². The highest BCUT2D eigenvalue weighted by molar-refractivity contribution is 9.10. The van der Waals surface area contributed by atoms with Gasteiger partial charge in [0.05, 0.1) is 0 Å². The number of anilines is 1. The molecular formula is C12H18BrN3. The van der Waals surface area contributed by atoms with E-state index in [1.165, 1.54) is 32.1 Å². The molecule has 1 saturated carbocycles. The molecule has 0 aromatic carbocycles. The van der Waals surface area contributed by atoms with Crippen molar-refractivity contribution in [2.75, 3.05) is 11.9 Å². The standard InChI is InChI=1S/C12H18BrN3/c1-9-15-11(13)8-12(16-9)14-7-6-10-4-2-3-5-10/h8,10H,2-7H2,1H3,(H,14,15,16). The highest BCUT2D eigenvalue weighted by atomic mass is 79.9. The van der Waals surface area contributed by atoms with Crippen LogP contribution in [-0.2, 0) is 0 Å². The zero-order chi connectivity index (χ0) is 11.4. The minimum atomic E-state index is 0.803. The topological polar surface area (TPSA) is 37.8 Å². The van der Waals surface area contributed by atoms with Gasteiger partial charge in [-0.2, -0.15) is 0 Å². The molecule has 16 heavy (non-hydrogen) atoms. The monoisotopic (exact) mass is 283 g/mol. The molecule has 1 heterocycles. The maximum atomic E-state index is 4.35. The van der Waals surface area contributed by atoms with E-state index in [4.69, 9.17) is 0 Å². The van der Waals surface area contributed by atoms with E-state index in [9.17, 15) is 0 Å². The van der Waals surface area contributed by atoms with Crippen LogP contribution >= 0.6 is 15.9 Å². The summed E-state index contributed by atoms with van der Waals surface area (Å²) in [6.45, 7) is 2.93. The minimum absolute atomic E-state index is 0.803. The fourth-order valence-corrected chi connectivity index (χ4v) is 2.80. The lowest BCUT2D eigenvalue weighted by Crippen LogP contribution is -2.08. The Morgan fingerprint density at radius 1 is 1.38 bits per heavy atom. The zero-order valence-electron chi connectivity index (χ0n) is 9.67. The van der Waals surface area contributed by atoms with Gasteiger partial charge in [-0.05, 0) is 35.2 Å². The third-order valence-electron chi connectivity index (χ3n) is 3.14. The molecule has 0 amide bonds. The average molecular weight is 284 g/mol. The van der Waals surface area contributed by atoms with Gasteiger partial charge in [-0.1, -0.05) is 25.7 Å². The van der Waals surface area contributed by atoms with Crippen molar-refractivity contribution in [2.24, 2.45) is 5.92 Å². The Hall–Kier alpha value is -0.640. The molecule has 1 fully saturated rings. The second-order valence-electron chi connectivity index (χ2n) is 4.49. The largest absolute Gasteiger partial charge is 0.370 e. The first kappa shape index (κ1) is 11.8. The number of rotatable bonds is 4. The van der Waals surface area contributed by atoms with Gasteiger partial charge < -0.3 is 5.32 Å². The van der Waals surface area contributed by atoms with E-state index in [1.54, 1.807) is 0 Å². The zero-order valence-corrected chi connectivity index (χ0v) is 11.3. The number of nitrogens with one attached hydrogen (secondary N) is 1. The minimum Gasteiger partial charge on any atom is -0.370 e. The van der Waals surface area contributed by atoms with Crippen LogP contribution in [0.3, 0.4) is 0 Å². The fourth-order valence-electron chi connectivity index (χ4n) is 2.33. The molecule has 0 unspecified atom stereocenters. The van der Waals surface area contributed by atoms with E-state index in [2.05, 4.69) is 31.2 Å². The van der Waals surface area contributed by atoms with Crippen LogP contribution in [0.1, 0.15) is 37.9 Å². The highest BCUT2D eigenvalue weighted by Gasteiger charge is 2.14. The summed E-state index contributed by atoms with van der Waals surface area (Å²) >= 11 is 3.38. The van der Waals surface area contributed by atoms with Gasteiger partial charge in [0.15, 0.2) is 0 Å². The SMILES string of the molecule is Cc1nc(Br)cc(NCCC2CCCC2)n1. The van der Waals surface area contributed by atoms with Crippen molar-refractivity contribution < 1.29 is 0 Å². The van der Waals surface area contributed by atoms with Crippen molar-refractivity contribution in [3.05, 3.63) is 16.5 Å². The van der Waals surface area contributed by atoms with E-state index < -0.39 is 0 Å². The lowest BCUT2D eigenvalue weighted by molar-refractivity contribution is 0.518. The molecule has 1 aliphatic carbocycles. The Kier molecular flexibility index (Phi) is 4.16. The maximum absolute atomic E-state index is 4.35. The Labute approximate surface area is 105 Å². The summed E-state index contributed by atoms with van der Waals surface area (Å²) in [4.78, 5) is 8.53. The number of halogens is 1. The molecule has 0 atom stereocenters. The first-order valence-electron chi connectivity index (χ1n) is 5.99. The van der Waals surface area contributed by atoms with E-state index in [1.807, 2.05) is 13.0 Å². The molecule has 0 bridgehead atoms. The van der Waals surface area contributed by atoms with Crippen LogP contribution in [0.15, 0.2) is 10.7 Å². The number of hydrogen-bond donors (Lipinski definition) is 1. The molecule has 4 heteroatoms. The van der Waals surface area contributed by atoms with Crippen molar-refractivity contribution >= 4 is 21.7 Å². The second-order valence-corrected chi connectivity index (χ2v) is 5.30. The smallest absolute Gasteiger partial charge is 0.130 e. The van der Waals surface area contributed by atoms with Crippen LogP contribution in [-0.4, -0.2) is 16.5 Å². The van der Waals surface area contributed by atoms with Crippen molar-refractivity contribution in [3.63, 3.8) is 0 Å². The fraction of sp³-hybridized carbons (Fsp3) is 0.667. The van der Waals surface area contributed by atoms with Gasteiger partial charge in [-0.15, -0.1) is 0 Å². The van der Waals surface area contributed by atoms with Gasteiger partial charge in [-0.25, -0.2) is 9.97 Å². The van der Waals surface area contributed by atoms with E-state index >= 15 is 0 Å². The number of hydrogen-bond acceptors (Lipinski definition) is 3. The summed E-state index contributed by atoms with van der Waals surface area (Å²) in [5.74, 6) is 2.66. The summed E-state index contributed by atoms with van der Waals surface area (Å²) in [5, 5.41) is 3.37. The summed E-state index contributed by atoms with van der Waals surface area (Å²) in [6.07, 6.45) is 6.93. The van der Waals surface area contributed by atoms with Crippen LogP contribution in [0.4, 0.5) is 5.82 Å². The summed E-state index contributed by atoms with van der Waals surface area (Å²) in [6, 6.07) is 1.93. The molecule has 0 aliphatic heterocycles. The lowest BCUT2D eigenvalue weighted by atomic mass is 10.0. The maximum Gasteiger partial charge on any atom is 0.130 e. The molecule has 1 N–H and O–H groups in total. The van der Waals surface area contributed by atoms with E-state index in [-0.39, 0.29) is 0 Å². The number of nitrogens with zero attached hydrogens (tertiary/aromatic N) is 2. The van der Waals surface area contributed by atoms with Crippen molar-refractivity contribution in [3.8, 4) is 0 Å². The molecule has 0 spiro atoms. The highest BCUT2D eigenvalue weighted by Crippen LogP contribution is 2.27. The normalized spacial score (nSPS) is 16.6. The molecule has 0 radical (unpaired) electrons. The van der Waals surface area contributed by atoms with Gasteiger partial charge in [-0.3, -0.25) is 0 Å². The third-order valence-corrected chi connectivity index (χ3v) is 3.55. The lowest BCUT2D eigenvalue weighted by Gasteiger charge is -2.10. The molecule has 88 valence electrons. The molecule has 1 aromatic rings. The second kappa shape index (κ2) is 5.62. The Bertz CT molecular complexity index is 328. The Morgan fingerprint density at radius 2 is 2.12 bits per heavy atom. The molecule has 3 nitrogen and oxygen atoms in total. The summed E-state index contributed by atoms with van der Waals surface area (Å²) in [7, 11) is 0. The quantitative estimate of drug-likeness (QED) is 0.859. The first-order chi connectivity index (χ1) is 7.74. The number of aromatic nitrogens is 2. The van der Waals surface area contributed by atoms with Crippen molar-refractivity contribution in [1.29, 1.82) is 0 Å². The van der Waals surface area contributed by atoms with E-state index in [0.717, 1.165) is 28.7 Å². The molecule has 1 aromatic heterocycles. The molecule has 1 aliphatic rings. The van der Waals surface area contributed by atoms with Gasteiger partial charge in [0, 0.05) is 12.6 Å². The predicted molar refractivity (Wildman–Crippen MR) is 69.5 cm³/mol. The van der Waals surface area contributed by atoms with Crippen LogP contribution in [0.2, 0.25) is 0 Å². The van der Waals surface area contributed by atoms with Gasteiger partial charge in [0.1, 0.15) is 16.2 Å². The summed E-state index contributed by atoms with van der Waals surface area (Å²) < 4.78 is 0.850. The van der Waals surface area contributed by atoms with E-state index in [0.29, 0.717) is 0 Å². The predicted octanol–water partition coefficient (Wildman–Crippen LogP) is 3.54. The Balaban J connectivity index is 1.80. The summed E-state index contributed by atoms with van der Waals surface area (Å²) in [5.41, 5.74) is 0. The van der Waals surface area contributed by atoms with Gasteiger partial charge >= 0.3 is 0 Å². The van der Waals surface area contributed by atoms with Crippen molar-refractivity contribution in [2.45, 2.75) is 39.0 Å². The average Bonchev–Trinajstić information content (AvgIpc) is 2.69. The molecular weight excluding hydrogens is 266 g/mol. The van der Waals surface area contributed by atoms with Crippen LogP contribution < -0.4 is 5.32 Å². The van der Waals surface area contributed by atoms with Crippen LogP contribution in [0.5, 0.6) is 0 Å². The first-order valence-corrected chi connectivity index (χ1v) is 6.78. The van der Waals surface area contributed by atoms with Crippen LogP contribution in [0, 0.1) is 12.8 Å². The molecule has 0 saturated heterocycles. The van der Waals surface area contributed by atoms with Crippen LogP contribution in [0.25, 0.3) is 0 Å².